The summed E-state index contributed by atoms with van der Waals surface area (Å²) in [6.07, 6.45) is -2.06. The molecule has 1 fully saturated rings. The molecule has 1 aliphatic heterocycles. The molecule has 0 aliphatic carbocycles. The first-order valence-corrected chi connectivity index (χ1v) is 7.11. The Labute approximate surface area is 138 Å². The van der Waals surface area contributed by atoms with E-state index in [1.54, 1.807) is 0 Å². The molecular formula is C14H19ClF3N3O2. The van der Waals surface area contributed by atoms with Crippen molar-refractivity contribution in [3.05, 3.63) is 23.9 Å². The van der Waals surface area contributed by atoms with Crippen molar-refractivity contribution in [2.75, 3.05) is 26.2 Å². The zero-order valence-electron chi connectivity index (χ0n) is 12.4. The summed E-state index contributed by atoms with van der Waals surface area (Å²) >= 11 is 0. The number of alkyl halides is 3. The van der Waals surface area contributed by atoms with Crippen LogP contribution < -0.4 is 15.4 Å². The van der Waals surface area contributed by atoms with Gasteiger partial charge in [0.1, 0.15) is 6.61 Å². The van der Waals surface area contributed by atoms with Crippen LogP contribution in [0, 0.1) is 5.92 Å². The molecule has 1 amide bonds. The quantitative estimate of drug-likeness (QED) is 0.795. The number of amides is 1. The van der Waals surface area contributed by atoms with Gasteiger partial charge in [-0.3, -0.25) is 4.79 Å². The molecule has 0 atom stereocenters. The number of nitrogens with one attached hydrogen (secondary N) is 2. The lowest BCUT2D eigenvalue weighted by atomic mass is 9.97. The zero-order chi connectivity index (χ0) is 16.0. The van der Waals surface area contributed by atoms with E-state index < -0.39 is 11.7 Å². The number of hydrogen-bond acceptors (Lipinski definition) is 4. The Kier molecular flexibility index (Phi) is 7.57. The summed E-state index contributed by atoms with van der Waals surface area (Å²) in [4.78, 5) is 15.4. The van der Waals surface area contributed by atoms with Crippen LogP contribution in [0.15, 0.2) is 18.3 Å². The van der Waals surface area contributed by atoms with Crippen LogP contribution in [0.1, 0.15) is 18.4 Å². The van der Waals surface area contributed by atoms with E-state index in [2.05, 4.69) is 15.6 Å². The minimum atomic E-state index is -4.41. The second-order valence-electron chi connectivity index (χ2n) is 5.05. The molecule has 0 unspecified atom stereocenters. The van der Waals surface area contributed by atoms with Gasteiger partial charge in [0.05, 0.1) is 12.1 Å². The van der Waals surface area contributed by atoms with Crippen LogP contribution in [0.2, 0.25) is 0 Å². The lowest BCUT2D eigenvalue weighted by Crippen LogP contribution is -2.39. The molecule has 0 radical (unpaired) electrons. The molecule has 9 heteroatoms. The average molecular weight is 354 g/mol. The maximum Gasteiger partial charge on any atom is 0.417 e. The summed E-state index contributed by atoms with van der Waals surface area (Å²) < 4.78 is 42.3. The van der Waals surface area contributed by atoms with Crippen molar-refractivity contribution in [2.24, 2.45) is 5.92 Å². The standard InChI is InChI=1S/C14H18F3N3O2.ClH/c15-14(16,17)11-1-2-12(20-9-11)22-8-7-19-13(21)10-3-5-18-6-4-10;/h1-2,9-10,18H,3-8H2,(H,19,21);1H. The number of rotatable bonds is 5. The first kappa shape index (κ1) is 19.5. The SMILES string of the molecule is Cl.O=C(NCCOc1ccc(C(F)(F)F)cn1)C1CCNCC1. The van der Waals surface area contributed by atoms with E-state index in [0.29, 0.717) is 6.54 Å². The number of halogens is 4. The normalized spacial score (nSPS) is 15.6. The van der Waals surface area contributed by atoms with Crippen LogP contribution in [0.25, 0.3) is 0 Å². The lowest BCUT2D eigenvalue weighted by Gasteiger charge is -2.21. The molecule has 1 aromatic heterocycles. The van der Waals surface area contributed by atoms with Crippen molar-refractivity contribution in [1.29, 1.82) is 0 Å². The minimum absolute atomic E-state index is 0. The fraction of sp³-hybridized carbons (Fsp3) is 0.571. The minimum Gasteiger partial charge on any atom is -0.476 e. The highest BCUT2D eigenvalue weighted by Gasteiger charge is 2.30. The molecule has 2 rings (SSSR count). The van der Waals surface area contributed by atoms with Crippen LogP contribution >= 0.6 is 12.4 Å². The zero-order valence-corrected chi connectivity index (χ0v) is 13.2. The molecule has 2 N–H and O–H groups in total. The second-order valence-corrected chi connectivity index (χ2v) is 5.05. The van der Waals surface area contributed by atoms with Crippen molar-refractivity contribution in [3.8, 4) is 5.88 Å². The van der Waals surface area contributed by atoms with Gasteiger partial charge in [0.15, 0.2) is 0 Å². The number of hydrogen-bond donors (Lipinski definition) is 2. The van der Waals surface area contributed by atoms with Crippen LogP contribution in [0.5, 0.6) is 5.88 Å². The van der Waals surface area contributed by atoms with E-state index in [4.69, 9.17) is 4.74 Å². The fourth-order valence-corrected chi connectivity index (χ4v) is 2.19. The van der Waals surface area contributed by atoms with Gasteiger partial charge in [-0.2, -0.15) is 13.2 Å². The number of ether oxygens (including phenoxy) is 1. The highest BCUT2D eigenvalue weighted by Crippen LogP contribution is 2.29. The molecule has 0 aromatic carbocycles. The fourth-order valence-electron chi connectivity index (χ4n) is 2.19. The second kappa shape index (κ2) is 8.93. The van der Waals surface area contributed by atoms with Crippen LogP contribution in [0.4, 0.5) is 13.2 Å². The Hall–Kier alpha value is -1.54. The predicted molar refractivity (Wildman–Crippen MR) is 80.6 cm³/mol. The Balaban J connectivity index is 0.00000264. The number of piperidine rings is 1. The van der Waals surface area contributed by atoms with Crippen LogP contribution in [-0.4, -0.2) is 37.1 Å². The third kappa shape index (κ3) is 6.23. The maximum absolute atomic E-state index is 12.4. The molecule has 1 aliphatic rings. The van der Waals surface area contributed by atoms with Crippen molar-refractivity contribution in [1.82, 2.24) is 15.6 Å². The lowest BCUT2D eigenvalue weighted by molar-refractivity contribution is -0.137. The van der Waals surface area contributed by atoms with Gasteiger partial charge in [0.25, 0.3) is 0 Å². The molecule has 130 valence electrons. The topological polar surface area (TPSA) is 63.2 Å². The summed E-state index contributed by atoms with van der Waals surface area (Å²) in [5.74, 6) is 0.111. The van der Waals surface area contributed by atoms with Crippen molar-refractivity contribution in [2.45, 2.75) is 19.0 Å². The van der Waals surface area contributed by atoms with Crippen molar-refractivity contribution in [3.63, 3.8) is 0 Å². The average Bonchev–Trinajstić information content (AvgIpc) is 2.52. The first-order chi connectivity index (χ1) is 10.5. The predicted octanol–water partition coefficient (Wildman–Crippen LogP) is 2.02. The van der Waals surface area contributed by atoms with Gasteiger partial charge in [-0.1, -0.05) is 0 Å². The van der Waals surface area contributed by atoms with E-state index in [9.17, 15) is 18.0 Å². The van der Waals surface area contributed by atoms with E-state index in [1.807, 2.05) is 0 Å². The summed E-state index contributed by atoms with van der Waals surface area (Å²) in [7, 11) is 0. The molecule has 0 saturated carbocycles. The molecule has 5 nitrogen and oxygen atoms in total. The molecule has 0 bridgehead atoms. The molecule has 23 heavy (non-hydrogen) atoms. The van der Waals surface area contributed by atoms with Crippen LogP contribution in [0.3, 0.4) is 0 Å². The van der Waals surface area contributed by atoms with E-state index in [-0.39, 0.29) is 36.7 Å². The number of carbonyl (C=O) groups is 1. The monoisotopic (exact) mass is 353 g/mol. The number of aromatic nitrogens is 1. The highest BCUT2D eigenvalue weighted by atomic mass is 35.5. The molecular weight excluding hydrogens is 335 g/mol. The third-order valence-corrected chi connectivity index (χ3v) is 3.42. The molecule has 1 saturated heterocycles. The van der Waals surface area contributed by atoms with Gasteiger partial charge < -0.3 is 15.4 Å². The van der Waals surface area contributed by atoms with Crippen molar-refractivity contribution >= 4 is 18.3 Å². The third-order valence-electron chi connectivity index (χ3n) is 3.42. The van der Waals surface area contributed by atoms with Gasteiger partial charge in [-0.25, -0.2) is 4.98 Å². The summed E-state index contributed by atoms with van der Waals surface area (Å²) in [6.45, 7) is 2.13. The molecule has 0 spiro atoms. The molecule has 2 heterocycles. The Morgan fingerprint density at radius 2 is 2.04 bits per heavy atom. The Bertz CT molecular complexity index is 491. The summed E-state index contributed by atoms with van der Waals surface area (Å²) in [5.41, 5.74) is -0.820. The summed E-state index contributed by atoms with van der Waals surface area (Å²) in [5, 5.41) is 5.94. The Morgan fingerprint density at radius 1 is 1.35 bits per heavy atom. The van der Waals surface area contributed by atoms with E-state index in [1.165, 1.54) is 0 Å². The van der Waals surface area contributed by atoms with E-state index >= 15 is 0 Å². The number of nitrogens with zero attached hydrogens (tertiary/aromatic N) is 1. The van der Waals surface area contributed by atoms with Gasteiger partial charge >= 0.3 is 6.18 Å². The number of pyridine rings is 1. The Morgan fingerprint density at radius 3 is 2.61 bits per heavy atom. The smallest absolute Gasteiger partial charge is 0.417 e. The first-order valence-electron chi connectivity index (χ1n) is 7.11. The van der Waals surface area contributed by atoms with Gasteiger partial charge in [-0.15, -0.1) is 12.4 Å². The van der Waals surface area contributed by atoms with E-state index in [0.717, 1.165) is 44.3 Å². The van der Waals surface area contributed by atoms with Gasteiger partial charge in [-0.05, 0) is 32.0 Å². The molecule has 1 aromatic rings. The van der Waals surface area contributed by atoms with Gasteiger partial charge in [0.2, 0.25) is 11.8 Å². The largest absolute Gasteiger partial charge is 0.476 e. The summed E-state index contributed by atoms with van der Waals surface area (Å²) in [6, 6.07) is 2.08. The van der Waals surface area contributed by atoms with Gasteiger partial charge in [0, 0.05) is 18.2 Å². The maximum atomic E-state index is 12.4. The van der Waals surface area contributed by atoms with Crippen molar-refractivity contribution < 1.29 is 22.7 Å². The highest BCUT2D eigenvalue weighted by molar-refractivity contribution is 5.85. The van der Waals surface area contributed by atoms with Crippen LogP contribution in [-0.2, 0) is 11.0 Å². The number of carbonyl (C=O) groups excluding carboxylic acids is 1.